The maximum absolute atomic E-state index is 5.93. The molecule has 3 nitrogen and oxygen atoms in total. The standard InChI is InChI=1S/C13H20N2O/c14-12-5-4-8-15(11-12)9-10-16-13-6-2-1-3-7-13/h1-3,6-7,12H,4-5,8-11,14H2/t12-/m1/s1. The Balaban J connectivity index is 1.68. The first-order chi connectivity index (χ1) is 7.84. The first-order valence-electron chi connectivity index (χ1n) is 6.00. The third-order valence-electron chi connectivity index (χ3n) is 2.96. The number of hydrogen-bond donors (Lipinski definition) is 1. The summed E-state index contributed by atoms with van der Waals surface area (Å²) in [7, 11) is 0. The molecule has 0 amide bonds. The number of benzene rings is 1. The lowest BCUT2D eigenvalue weighted by Crippen LogP contribution is -2.44. The molecule has 88 valence electrons. The first-order valence-corrected chi connectivity index (χ1v) is 6.00. The van der Waals surface area contributed by atoms with Crippen LogP contribution in [0.4, 0.5) is 0 Å². The summed E-state index contributed by atoms with van der Waals surface area (Å²) in [5.41, 5.74) is 5.93. The predicted octanol–water partition coefficient (Wildman–Crippen LogP) is 1.49. The zero-order chi connectivity index (χ0) is 11.2. The predicted molar refractivity (Wildman–Crippen MR) is 65.6 cm³/mol. The summed E-state index contributed by atoms with van der Waals surface area (Å²) in [5, 5.41) is 0. The number of ether oxygens (including phenoxy) is 1. The van der Waals surface area contributed by atoms with Gasteiger partial charge < -0.3 is 10.5 Å². The molecule has 0 spiro atoms. The van der Waals surface area contributed by atoms with Crippen molar-refractivity contribution in [3.05, 3.63) is 30.3 Å². The third kappa shape index (κ3) is 3.51. The Morgan fingerprint density at radius 3 is 2.88 bits per heavy atom. The molecule has 2 N–H and O–H groups in total. The van der Waals surface area contributed by atoms with Crippen LogP contribution in [-0.2, 0) is 0 Å². The van der Waals surface area contributed by atoms with Gasteiger partial charge in [-0.25, -0.2) is 0 Å². The molecular weight excluding hydrogens is 200 g/mol. The van der Waals surface area contributed by atoms with Crippen LogP contribution in [0.1, 0.15) is 12.8 Å². The van der Waals surface area contributed by atoms with E-state index in [0.29, 0.717) is 6.04 Å². The molecule has 1 saturated heterocycles. The molecule has 0 radical (unpaired) electrons. The van der Waals surface area contributed by atoms with Gasteiger partial charge in [0.15, 0.2) is 0 Å². The van der Waals surface area contributed by atoms with E-state index < -0.39 is 0 Å². The van der Waals surface area contributed by atoms with E-state index in [2.05, 4.69) is 4.90 Å². The minimum Gasteiger partial charge on any atom is -0.492 e. The van der Waals surface area contributed by atoms with Gasteiger partial charge in [-0.05, 0) is 31.5 Å². The van der Waals surface area contributed by atoms with E-state index in [4.69, 9.17) is 10.5 Å². The van der Waals surface area contributed by atoms with Crippen molar-refractivity contribution in [3.63, 3.8) is 0 Å². The number of nitrogens with zero attached hydrogens (tertiary/aromatic N) is 1. The molecule has 2 rings (SSSR count). The molecule has 16 heavy (non-hydrogen) atoms. The summed E-state index contributed by atoms with van der Waals surface area (Å²) in [6.45, 7) is 3.89. The van der Waals surface area contributed by atoms with Crippen LogP contribution in [0.3, 0.4) is 0 Å². The van der Waals surface area contributed by atoms with Gasteiger partial charge in [-0.3, -0.25) is 4.90 Å². The summed E-state index contributed by atoms with van der Waals surface area (Å²) in [4.78, 5) is 2.39. The van der Waals surface area contributed by atoms with Gasteiger partial charge in [0.2, 0.25) is 0 Å². The van der Waals surface area contributed by atoms with E-state index in [1.807, 2.05) is 30.3 Å². The highest BCUT2D eigenvalue weighted by molar-refractivity contribution is 5.20. The minimum absolute atomic E-state index is 0.352. The summed E-state index contributed by atoms with van der Waals surface area (Å²) in [5.74, 6) is 0.948. The summed E-state index contributed by atoms with van der Waals surface area (Å²) in [6.07, 6.45) is 2.38. The molecule has 1 aliphatic rings. The Labute approximate surface area is 97.2 Å². The van der Waals surface area contributed by atoms with Crippen molar-refractivity contribution in [1.29, 1.82) is 0 Å². The van der Waals surface area contributed by atoms with Crippen LogP contribution in [-0.4, -0.2) is 37.2 Å². The molecule has 0 aliphatic carbocycles. The normalized spacial score (nSPS) is 21.9. The average Bonchev–Trinajstić information content (AvgIpc) is 2.30. The van der Waals surface area contributed by atoms with Crippen molar-refractivity contribution in [3.8, 4) is 5.75 Å². The second-order valence-corrected chi connectivity index (χ2v) is 4.36. The van der Waals surface area contributed by atoms with E-state index >= 15 is 0 Å². The lowest BCUT2D eigenvalue weighted by molar-refractivity contribution is 0.171. The topological polar surface area (TPSA) is 38.5 Å². The van der Waals surface area contributed by atoms with Crippen molar-refractivity contribution >= 4 is 0 Å². The van der Waals surface area contributed by atoms with Gasteiger partial charge in [0.1, 0.15) is 12.4 Å². The van der Waals surface area contributed by atoms with Crippen molar-refractivity contribution in [1.82, 2.24) is 4.90 Å². The lowest BCUT2D eigenvalue weighted by atomic mass is 10.1. The monoisotopic (exact) mass is 220 g/mol. The minimum atomic E-state index is 0.352. The third-order valence-corrected chi connectivity index (χ3v) is 2.96. The van der Waals surface area contributed by atoms with Gasteiger partial charge >= 0.3 is 0 Å². The number of hydrogen-bond acceptors (Lipinski definition) is 3. The first kappa shape index (κ1) is 11.4. The lowest BCUT2D eigenvalue weighted by Gasteiger charge is -2.30. The molecule has 0 bridgehead atoms. The Kier molecular flexibility index (Phi) is 4.19. The van der Waals surface area contributed by atoms with Crippen molar-refractivity contribution in [2.45, 2.75) is 18.9 Å². The molecule has 1 aliphatic heterocycles. The van der Waals surface area contributed by atoms with Gasteiger partial charge in [0.05, 0.1) is 0 Å². The smallest absolute Gasteiger partial charge is 0.119 e. The molecule has 1 atom stereocenters. The summed E-state index contributed by atoms with van der Waals surface area (Å²) < 4.78 is 5.66. The van der Waals surface area contributed by atoms with Crippen LogP contribution in [0.25, 0.3) is 0 Å². The highest BCUT2D eigenvalue weighted by atomic mass is 16.5. The fourth-order valence-electron chi connectivity index (χ4n) is 2.10. The zero-order valence-corrected chi connectivity index (χ0v) is 9.64. The van der Waals surface area contributed by atoms with E-state index in [0.717, 1.165) is 38.4 Å². The number of rotatable bonds is 4. The fourth-order valence-corrected chi connectivity index (χ4v) is 2.10. The van der Waals surface area contributed by atoms with Gasteiger partial charge in [-0.2, -0.15) is 0 Å². The van der Waals surface area contributed by atoms with Crippen molar-refractivity contribution in [2.75, 3.05) is 26.2 Å². The van der Waals surface area contributed by atoms with Gasteiger partial charge in [-0.1, -0.05) is 18.2 Å². The second-order valence-electron chi connectivity index (χ2n) is 4.36. The number of nitrogens with two attached hydrogens (primary N) is 1. The number of piperidine rings is 1. The summed E-state index contributed by atoms with van der Waals surface area (Å²) >= 11 is 0. The van der Waals surface area contributed by atoms with Gasteiger partial charge in [-0.15, -0.1) is 0 Å². The van der Waals surface area contributed by atoms with Crippen LogP contribution >= 0.6 is 0 Å². The largest absolute Gasteiger partial charge is 0.492 e. The fraction of sp³-hybridized carbons (Fsp3) is 0.538. The molecule has 0 aromatic heterocycles. The highest BCUT2D eigenvalue weighted by Gasteiger charge is 2.15. The zero-order valence-electron chi connectivity index (χ0n) is 9.64. The van der Waals surface area contributed by atoms with Gasteiger partial charge in [0, 0.05) is 19.1 Å². The molecule has 1 aromatic carbocycles. The Morgan fingerprint density at radius 1 is 1.31 bits per heavy atom. The Morgan fingerprint density at radius 2 is 2.12 bits per heavy atom. The molecule has 3 heteroatoms. The molecule has 1 heterocycles. The van der Waals surface area contributed by atoms with Crippen LogP contribution in [0.2, 0.25) is 0 Å². The van der Waals surface area contributed by atoms with Crippen LogP contribution in [0.15, 0.2) is 30.3 Å². The van der Waals surface area contributed by atoms with Crippen LogP contribution < -0.4 is 10.5 Å². The SMILES string of the molecule is N[C@@H]1CCCN(CCOc2ccccc2)C1. The molecule has 1 aromatic rings. The molecule has 0 unspecified atom stereocenters. The maximum atomic E-state index is 5.93. The molecular formula is C13H20N2O. The number of likely N-dealkylation sites (tertiary alicyclic amines) is 1. The van der Waals surface area contributed by atoms with Crippen LogP contribution in [0, 0.1) is 0 Å². The number of para-hydroxylation sites is 1. The highest BCUT2D eigenvalue weighted by Crippen LogP contribution is 2.10. The molecule has 1 fully saturated rings. The van der Waals surface area contributed by atoms with E-state index in [1.165, 1.54) is 6.42 Å². The van der Waals surface area contributed by atoms with E-state index in [9.17, 15) is 0 Å². The van der Waals surface area contributed by atoms with Crippen LogP contribution in [0.5, 0.6) is 5.75 Å². The van der Waals surface area contributed by atoms with Gasteiger partial charge in [0.25, 0.3) is 0 Å². The quantitative estimate of drug-likeness (QED) is 0.835. The maximum Gasteiger partial charge on any atom is 0.119 e. The molecule has 0 saturated carbocycles. The second kappa shape index (κ2) is 5.87. The summed E-state index contributed by atoms with van der Waals surface area (Å²) in [6, 6.07) is 10.3. The van der Waals surface area contributed by atoms with Crippen molar-refractivity contribution in [2.24, 2.45) is 5.73 Å². The van der Waals surface area contributed by atoms with Crippen molar-refractivity contribution < 1.29 is 4.74 Å². The Hall–Kier alpha value is -1.06. The Bertz CT molecular complexity index is 302. The average molecular weight is 220 g/mol. The van der Waals surface area contributed by atoms with E-state index in [-0.39, 0.29) is 0 Å². The van der Waals surface area contributed by atoms with E-state index in [1.54, 1.807) is 0 Å².